The maximum absolute atomic E-state index is 12.8. The van der Waals surface area contributed by atoms with Gasteiger partial charge in [-0.05, 0) is 31.4 Å². The van der Waals surface area contributed by atoms with E-state index in [1.807, 2.05) is 0 Å². The largest absolute Gasteiger partial charge is 0.496 e. The predicted molar refractivity (Wildman–Crippen MR) is 108 cm³/mol. The van der Waals surface area contributed by atoms with E-state index in [0.717, 1.165) is 44.8 Å². The highest BCUT2D eigenvalue weighted by atomic mass is 32.2. The van der Waals surface area contributed by atoms with Crippen molar-refractivity contribution in [3.05, 3.63) is 29.8 Å². The van der Waals surface area contributed by atoms with Crippen molar-refractivity contribution in [1.29, 1.82) is 0 Å². The number of ether oxygens (including phenoxy) is 1. The zero-order valence-corrected chi connectivity index (χ0v) is 17.4. The average molecular weight is 411 g/mol. The highest BCUT2D eigenvalue weighted by Crippen LogP contribution is 2.19. The van der Waals surface area contributed by atoms with Gasteiger partial charge in [-0.25, -0.2) is 8.42 Å². The van der Waals surface area contributed by atoms with Crippen molar-refractivity contribution in [2.24, 2.45) is 0 Å². The molecule has 1 aromatic rings. The van der Waals surface area contributed by atoms with Crippen molar-refractivity contribution in [1.82, 2.24) is 10.6 Å². The minimum Gasteiger partial charge on any atom is -0.496 e. The van der Waals surface area contributed by atoms with Crippen LogP contribution in [0.2, 0.25) is 0 Å². The van der Waals surface area contributed by atoms with Gasteiger partial charge in [-0.3, -0.25) is 9.59 Å². The maximum Gasteiger partial charge on any atom is 0.255 e. The standard InChI is InChI=1S/C20H30N2O5S/c1-27-18-12-8-7-11-16(18)19(23)22-17(13-14-28(2,25)26)20(24)21-15-9-5-3-4-6-10-15/h7-8,11-12,15,17H,3-6,9-10,13-14H2,1-2H3,(H,21,24)(H,22,23)/t17-/m0/s1. The molecule has 8 heteroatoms. The number of para-hydroxylation sites is 1. The average Bonchev–Trinajstić information content (AvgIpc) is 2.92. The Kier molecular flexibility index (Phi) is 8.29. The van der Waals surface area contributed by atoms with Crippen LogP contribution in [-0.4, -0.2) is 51.4 Å². The lowest BCUT2D eigenvalue weighted by atomic mass is 10.1. The molecular weight excluding hydrogens is 380 g/mol. The molecule has 0 heterocycles. The lowest BCUT2D eigenvalue weighted by Gasteiger charge is -2.23. The number of hydrogen-bond acceptors (Lipinski definition) is 5. The van der Waals surface area contributed by atoms with Crippen molar-refractivity contribution < 1.29 is 22.7 Å². The van der Waals surface area contributed by atoms with E-state index in [2.05, 4.69) is 10.6 Å². The number of nitrogens with one attached hydrogen (secondary N) is 2. The van der Waals surface area contributed by atoms with Crippen molar-refractivity contribution in [3.63, 3.8) is 0 Å². The molecule has 0 radical (unpaired) electrons. The van der Waals surface area contributed by atoms with Gasteiger partial charge < -0.3 is 15.4 Å². The molecule has 28 heavy (non-hydrogen) atoms. The molecule has 1 aromatic carbocycles. The first-order valence-corrected chi connectivity index (χ1v) is 11.8. The summed E-state index contributed by atoms with van der Waals surface area (Å²) in [6, 6.07) is 5.86. The van der Waals surface area contributed by atoms with Gasteiger partial charge in [-0.1, -0.05) is 37.8 Å². The molecule has 7 nitrogen and oxygen atoms in total. The third-order valence-corrected chi connectivity index (χ3v) is 5.93. The number of methoxy groups -OCH3 is 1. The van der Waals surface area contributed by atoms with Crippen LogP contribution in [0.1, 0.15) is 55.3 Å². The second-order valence-electron chi connectivity index (χ2n) is 7.34. The molecule has 1 aliphatic carbocycles. The van der Waals surface area contributed by atoms with Gasteiger partial charge in [0.05, 0.1) is 18.4 Å². The van der Waals surface area contributed by atoms with Crippen molar-refractivity contribution >= 4 is 21.7 Å². The third kappa shape index (κ3) is 7.14. The fourth-order valence-electron chi connectivity index (χ4n) is 3.39. The topological polar surface area (TPSA) is 102 Å². The van der Waals surface area contributed by atoms with Crippen molar-refractivity contribution in [2.45, 2.75) is 57.0 Å². The second kappa shape index (κ2) is 10.5. The first-order chi connectivity index (χ1) is 13.3. The number of carbonyl (C=O) groups is 2. The third-order valence-electron chi connectivity index (χ3n) is 4.95. The SMILES string of the molecule is COc1ccccc1C(=O)N[C@@H](CCS(C)(=O)=O)C(=O)NC1CCCCCC1. The van der Waals surface area contributed by atoms with Crippen LogP contribution in [-0.2, 0) is 14.6 Å². The molecular formula is C20H30N2O5S. The lowest BCUT2D eigenvalue weighted by molar-refractivity contribution is -0.123. The highest BCUT2D eigenvalue weighted by Gasteiger charge is 2.26. The molecule has 156 valence electrons. The Hall–Kier alpha value is -2.09. The van der Waals surface area contributed by atoms with Crippen LogP contribution in [0.3, 0.4) is 0 Å². The Balaban J connectivity index is 2.11. The molecule has 0 saturated heterocycles. The van der Waals surface area contributed by atoms with Crippen molar-refractivity contribution in [2.75, 3.05) is 19.1 Å². The predicted octanol–water partition coefficient (Wildman–Crippen LogP) is 2.07. The number of sulfone groups is 1. The molecule has 1 saturated carbocycles. The van der Waals surface area contributed by atoms with Crippen LogP contribution >= 0.6 is 0 Å². The first-order valence-electron chi connectivity index (χ1n) is 9.72. The summed E-state index contributed by atoms with van der Waals surface area (Å²) in [5.74, 6) is -0.584. The molecule has 0 aromatic heterocycles. The smallest absolute Gasteiger partial charge is 0.255 e. The summed E-state index contributed by atoms with van der Waals surface area (Å²) in [6.07, 6.45) is 7.41. The summed E-state index contributed by atoms with van der Waals surface area (Å²) >= 11 is 0. The Labute approximate surface area is 167 Å². The van der Waals surface area contributed by atoms with E-state index in [1.165, 1.54) is 7.11 Å². The van der Waals surface area contributed by atoms with Gasteiger partial charge >= 0.3 is 0 Å². The molecule has 0 spiro atoms. The fraction of sp³-hybridized carbons (Fsp3) is 0.600. The molecule has 0 unspecified atom stereocenters. The number of rotatable bonds is 8. The summed E-state index contributed by atoms with van der Waals surface area (Å²) in [6.45, 7) is 0. The van der Waals surface area contributed by atoms with Gasteiger partial charge in [0.1, 0.15) is 21.6 Å². The van der Waals surface area contributed by atoms with E-state index in [4.69, 9.17) is 4.74 Å². The van der Waals surface area contributed by atoms with E-state index < -0.39 is 21.8 Å². The maximum atomic E-state index is 12.8. The van der Waals surface area contributed by atoms with E-state index in [0.29, 0.717) is 11.3 Å². The quantitative estimate of drug-likeness (QED) is 0.639. The molecule has 1 aliphatic rings. The minimum absolute atomic E-state index is 0.0261. The fourth-order valence-corrected chi connectivity index (χ4v) is 4.06. The van der Waals surface area contributed by atoms with Crippen LogP contribution in [0.4, 0.5) is 0 Å². The summed E-state index contributed by atoms with van der Waals surface area (Å²) in [5, 5.41) is 5.69. The van der Waals surface area contributed by atoms with Gasteiger partial charge in [0, 0.05) is 12.3 Å². The van der Waals surface area contributed by atoms with E-state index >= 15 is 0 Å². The second-order valence-corrected chi connectivity index (χ2v) is 9.60. The minimum atomic E-state index is -3.26. The van der Waals surface area contributed by atoms with Gasteiger partial charge in [0.15, 0.2) is 0 Å². The molecule has 2 N–H and O–H groups in total. The number of amides is 2. The van der Waals surface area contributed by atoms with Crippen LogP contribution < -0.4 is 15.4 Å². The molecule has 2 amide bonds. The molecule has 1 fully saturated rings. The van der Waals surface area contributed by atoms with E-state index in [1.54, 1.807) is 24.3 Å². The molecule has 1 atom stereocenters. The normalized spacial score (nSPS) is 16.6. The zero-order chi connectivity index (χ0) is 20.6. The Morgan fingerprint density at radius 1 is 1.14 bits per heavy atom. The summed E-state index contributed by atoms with van der Waals surface area (Å²) < 4.78 is 28.4. The van der Waals surface area contributed by atoms with Gasteiger partial charge in [0.25, 0.3) is 5.91 Å². The van der Waals surface area contributed by atoms with Crippen LogP contribution in [0.25, 0.3) is 0 Å². The summed E-state index contributed by atoms with van der Waals surface area (Å²) in [4.78, 5) is 25.5. The molecule has 0 bridgehead atoms. The number of benzene rings is 1. The Morgan fingerprint density at radius 3 is 2.39 bits per heavy atom. The van der Waals surface area contributed by atoms with E-state index in [9.17, 15) is 18.0 Å². The van der Waals surface area contributed by atoms with Crippen LogP contribution in [0, 0.1) is 0 Å². The van der Waals surface area contributed by atoms with Crippen LogP contribution in [0.15, 0.2) is 24.3 Å². The molecule has 2 rings (SSSR count). The Bertz CT molecular complexity index is 771. The zero-order valence-electron chi connectivity index (χ0n) is 16.6. The van der Waals surface area contributed by atoms with Gasteiger partial charge in [0.2, 0.25) is 5.91 Å². The van der Waals surface area contributed by atoms with E-state index in [-0.39, 0.29) is 24.1 Å². The van der Waals surface area contributed by atoms with Crippen molar-refractivity contribution in [3.8, 4) is 5.75 Å². The highest BCUT2D eigenvalue weighted by molar-refractivity contribution is 7.90. The number of hydrogen-bond donors (Lipinski definition) is 2. The Morgan fingerprint density at radius 2 is 1.79 bits per heavy atom. The summed E-state index contributed by atoms with van der Waals surface area (Å²) in [5.41, 5.74) is 0.302. The molecule has 0 aliphatic heterocycles. The van der Waals surface area contributed by atoms with Crippen LogP contribution in [0.5, 0.6) is 5.75 Å². The first kappa shape index (κ1) is 22.2. The monoisotopic (exact) mass is 410 g/mol. The van der Waals surface area contributed by atoms with Gasteiger partial charge in [-0.15, -0.1) is 0 Å². The lowest BCUT2D eigenvalue weighted by Crippen LogP contribution is -2.50. The van der Waals surface area contributed by atoms with Gasteiger partial charge in [-0.2, -0.15) is 0 Å². The number of carbonyl (C=O) groups excluding carboxylic acids is 2. The summed E-state index contributed by atoms with van der Waals surface area (Å²) in [7, 11) is -1.80.